The smallest absolute Gasteiger partial charge is 0.257 e. The zero-order valence-electron chi connectivity index (χ0n) is 10.7. The van der Waals surface area contributed by atoms with Crippen molar-refractivity contribution < 1.29 is 4.79 Å². The molecule has 0 saturated carbocycles. The number of aromatic nitrogens is 2. The van der Waals surface area contributed by atoms with Gasteiger partial charge in [0.25, 0.3) is 5.91 Å². The molecule has 1 saturated heterocycles. The van der Waals surface area contributed by atoms with Crippen LogP contribution in [0, 0.1) is 12.3 Å². The van der Waals surface area contributed by atoms with E-state index in [0.29, 0.717) is 12.1 Å². The maximum atomic E-state index is 12.3. The zero-order chi connectivity index (χ0) is 12.6. The van der Waals surface area contributed by atoms with Gasteiger partial charge >= 0.3 is 0 Å². The Labute approximate surface area is 102 Å². The first-order chi connectivity index (χ1) is 7.95. The number of likely N-dealkylation sites (tertiary alicyclic amines) is 1. The molecule has 5 nitrogen and oxygen atoms in total. The highest BCUT2D eigenvalue weighted by Crippen LogP contribution is 2.29. The van der Waals surface area contributed by atoms with Gasteiger partial charge in [-0.25, -0.2) is 0 Å². The van der Waals surface area contributed by atoms with Gasteiger partial charge in [-0.05, 0) is 25.3 Å². The summed E-state index contributed by atoms with van der Waals surface area (Å²) in [6.45, 7) is 6.17. The fraction of sp³-hybridized carbons (Fsp3) is 0.667. The molecule has 1 amide bonds. The van der Waals surface area contributed by atoms with E-state index in [9.17, 15) is 4.79 Å². The number of nitrogens with two attached hydrogens (primary N) is 1. The minimum Gasteiger partial charge on any atom is -0.338 e. The van der Waals surface area contributed by atoms with E-state index in [-0.39, 0.29) is 11.3 Å². The fourth-order valence-electron chi connectivity index (χ4n) is 2.34. The summed E-state index contributed by atoms with van der Waals surface area (Å²) in [5.41, 5.74) is 7.32. The molecule has 5 heteroatoms. The van der Waals surface area contributed by atoms with E-state index in [2.05, 4.69) is 12.0 Å². The third-order valence-corrected chi connectivity index (χ3v) is 3.58. The molecule has 2 heterocycles. The van der Waals surface area contributed by atoms with Crippen LogP contribution in [0.25, 0.3) is 0 Å². The van der Waals surface area contributed by atoms with Crippen LogP contribution in [-0.4, -0.2) is 40.2 Å². The summed E-state index contributed by atoms with van der Waals surface area (Å²) < 4.78 is 1.68. The average Bonchev–Trinajstić information content (AvgIpc) is 2.82. The highest BCUT2D eigenvalue weighted by molar-refractivity contribution is 5.95. The highest BCUT2D eigenvalue weighted by atomic mass is 16.2. The lowest BCUT2D eigenvalue weighted by Gasteiger charge is -2.22. The van der Waals surface area contributed by atoms with Crippen molar-refractivity contribution >= 4 is 5.91 Å². The van der Waals surface area contributed by atoms with Gasteiger partial charge in [-0.15, -0.1) is 0 Å². The van der Waals surface area contributed by atoms with Crippen molar-refractivity contribution in [1.29, 1.82) is 0 Å². The molecule has 0 aliphatic carbocycles. The maximum Gasteiger partial charge on any atom is 0.257 e. The van der Waals surface area contributed by atoms with Gasteiger partial charge in [0.1, 0.15) is 0 Å². The van der Waals surface area contributed by atoms with Crippen molar-refractivity contribution in [2.75, 3.05) is 19.6 Å². The van der Waals surface area contributed by atoms with Gasteiger partial charge in [0.05, 0.1) is 11.3 Å². The van der Waals surface area contributed by atoms with E-state index in [4.69, 9.17) is 5.73 Å². The number of hydrogen-bond donors (Lipinski definition) is 1. The monoisotopic (exact) mass is 236 g/mol. The van der Waals surface area contributed by atoms with Crippen LogP contribution in [0.5, 0.6) is 0 Å². The van der Waals surface area contributed by atoms with Gasteiger partial charge in [-0.3, -0.25) is 9.48 Å². The third-order valence-electron chi connectivity index (χ3n) is 3.58. The molecule has 1 unspecified atom stereocenters. The second kappa shape index (κ2) is 4.14. The minimum absolute atomic E-state index is 0.0752. The molecular formula is C12H20N4O. The SMILES string of the molecule is Cc1nn(C)cc1C(=O)N1CCC(C)(CN)C1. The van der Waals surface area contributed by atoms with Crippen molar-refractivity contribution in [3.8, 4) is 0 Å². The number of hydrogen-bond acceptors (Lipinski definition) is 3. The molecule has 0 radical (unpaired) electrons. The van der Waals surface area contributed by atoms with Crippen LogP contribution < -0.4 is 5.73 Å². The number of amides is 1. The molecule has 0 bridgehead atoms. The highest BCUT2D eigenvalue weighted by Gasteiger charge is 2.35. The van der Waals surface area contributed by atoms with E-state index in [1.54, 1.807) is 10.9 Å². The van der Waals surface area contributed by atoms with Gasteiger partial charge < -0.3 is 10.6 Å². The molecule has 0 aromatic carbocycles. The van der Waals surface area contributed by atoms with E-state index in [1.807, 2.05) is 18.9 Å². The summed E-state index contributed by atoms with van der Waals surface area (Å²) in [6, 6.07) is 0. The third kappa shape index (κ3) is 2.20. The summed E-state index contributed by atoms with van der Waals surface area (Å²) in [5, 5.41) is 4.20. The molecule has 1 aliphatic rings. The average molecular weight is 236 g/mol. The topological polar surface area (TPSA) is 64.2 Å². The summed E-state index contributed by atoms with van der Waals surface area (Å²) in [7, 11) is 1.83. The van der Waals surface area contributed by atoms with Crippen molar-refractivity contribution in [3.05, 3.63) is 17.5 Å². The van der Waals surface area contributed by atoms with Gasteiger partial charge in [0.2, 0.25) is 0 Å². The summed E-state index contributed by atoms with van der Waals surface area (Å²) >= 11 is 0. The van der Waals surface area contributed by atoms with Gasteiger partial charge in [0.15, 0.2) is 0 Å². The fourth-order valence-corrected chi connectivity index (χ4v) is 2.34. The maximum absolute atomic E-state index is 12.3. The van der Waals surface area contributed by atoms with Gasteiger partial charge in [-0.2, -0.15) is 5.10 Å². The van der Waals surface area contributed by atoms with Crippen LogP contribution in [-0.2, 0) is 7.05 Å². The van der Waals surface area contributed by atoms with Crippen molar-refractivity contribution in [3.63, 3.8) is 0 Å². The standard InChI is InChI=1S/C12H20N4O/c1-9-10(6-15(3)14-9)11(17)16-5-4-12(2,7-13)8-16/h6H,4-5,7-8,13H2,1-3H3. The Balaban J connectivity index is 2.15. The molecular weight excluding hydrogens is 216 g/mol. The first-order valence-electron chi connectivity index (χ1n) is 5.95. The normalized spacial score (nSPS) is 24.4. The van der Waals surface area contributed by atoms with Gasteiger partial charge in [0, 0.05) is 26.3 Å². The molecule has 2 N–H and O–H groups in total. The molecule has 1 aromatic rings. The number of carbonyl (C=O) groups is 1. The first kappa shape index (κ1) is 12.1. The zero-order valence-corrected chi connectivity index (χ0v) is 10.7. The van der Waals surface area contributed by atoms with Crippen molar-refractivity contribution in [2.24, 2.45) is 18.2 Å². The lowest BCUT2D eigenvalue weighted by Crippen LogP contribution is -2.34. The van der Waals surface area contributed by atoms with Crippen molar-refractivity contribution in [1.82, 2.24) is 14.7 Å². The molecule has 1 aromatic heterocycles. The predicted molar refractivity (Wildman–Crippen MR) is 65.6 cm³/mol. The van der Waals surface area contributed by atoms with E-state index in [0.717, 1.165) is 25.2 Å². The first-order valence-corrected chi connectivity index (χ1v) is 5.95. The molecule has 94 valence electrons. The summed E-state index contributed by atoms with van der Waals surface area (Å²) in [6.07, 6.45) is 2.77. The van der Waals surface area contributed by atoms with Crippen LogP contribution >= 0.6 is 0 Å². The number of carbonyl (C=O) groups excluding carboxylic acids is 1. The summed E-state index contributed by atoms with van der Waals surface area (Å²) in [5.74, 6) is 0.0766. The second-order valence-corrected chi connectivity index (χ2v) is 5.29. The largest absolute Gasteiger partial charge is 0.338 e. The van der Waals surface area contributed by atoms with Crippen molar-refractivity contribution in [2.45, 2.75) is 20.3 Å². The minimum atomic E-state index is 0.0752. The van der Waals surface area contributed by atoms with Crippen LogP contribution in [0.3, 0.4) is 0 Å². The Bertz CT molecular complexity index is 440. The molecule has 2 rings (SSSR count). The summed E-state index contributed by atoms with van der Waals surface area (Å²) in [4.78, 5) is 14.2. The Hall–Kier alpha value is -1.36. The lowest BCUT2D eigenvalue weighted by molar-refractivity contribution is 0.0776. The Morgan fingerprint density at radius 3 is 2.82 bits per heavy atom. The molecule has 1 aliphatic heterocycles. The quantitative estimate of drug-likeness (QED) is 0.815. The van der Waals surface area contributed by atoms with E-state index < -0.39 is 0 Å². The van der Waals surface area contributed by atoms with Crippen LogP contribution in [0.2, 0.25) is 0 Å². The van der Waals surface area contributed by atoms with E-state index in [1.165, 1.54) is 0 Å². The molecule has 1 fully saturated rings. The van der Waals surface area contributed by atoms with E-state index >= 15 is 0 Å². The number of nitrogens with zero attached hydrogens (tertiary/aromatic N) is 3. The Kier molecular flexibility index (Phi) is 2.95. The Morgan fingerprint density at radius 2 is 2.35 bits per heavy atom. The van der Waals surface area contributed by atoms with Crippen LogP contribution in [0.4, 0.5) is 0 Å². The van der Waals surface area contributed by atoms with Crippen LogP contribution in [0.15, 0.2) is 6.20 Å². The molecule has 17 heavy (non-hydrogen) atoms. The lowest BCUT2D eigenvalue weighted by atomic mass is 9.90. The molecule has 1 atom stereocenters. The number of rotatable bonds is 2. The number of aryl methyl sites for hydroxylation is 2. The predicted octanol–water partition coefficient (Wildman–Crippen LogP) is 0.539. The second-order valence-electron chi connectivity index (χ2n) is 5.29. The molecule has 0 spiro atoms. The van der Waals surface area contributed by atoms with Gasteiger partial charge in [-0.1, -0.05) is 6.92 Å². The Morgan fingerprint density at radius 1 is 1.65 bits per heavy atom. The van der Waals surface area contributed by atoms with Crippen LogP contribution in [0.1, 0.15) is 29.4 Å².